The fourth-order valence-electron chi connectivity index (χ4n) is 3.80. The Hall–Kier alpha value is -2.42. The third-order valence-corrected chi connectivity index (χ3v) is 5.20. The third kappa shape index (κ3) is 3.43. The SMILES string of the molecule is O=C(c1nnc2n1CCOC2)N1CCC(c2ccccc2C(F)(F)F)CC1. The lowest BCUT2D eigenvalue weighted by molar-refractivity contribution is -0.138. The van der Waals surface area contributed by atoms with Crippen molar-refractivity contribution in [2.24, 2.45) is 0 Å². The predicted molar refractivity (Wildman–Crippen MR) is 89.0 cm³/mol. The Morgan fingerprint density at radius 1 is 1.11 bits per heavy atom. The number of halogens is 3. The monoisotopic (exact) mass is 380 g/mol. The lowest BCUT2D eigenvalue weighted by atomic mass is 9.86. The summed E-state index contributed by atoms with van der Waals surface area (Å²) in [5, 5.41) is 7.98. The van der Waals surface area contributed by atoms with Crippen LogP contribution in [0.4, 0.5) is 13.2 Å². The second-order valence-corrected chi connectivity index (χ2v) is 6.80. The molecule has 0 bridgehead atoms. The second kappa shape index (κ2) is 6.95. The highest BCUT2D eigenvalue weighted by molar-refractivity contribution is 5.90. The molecule has 0 aliphatic carbocycles. The fraction of sp³-hybridized carbons (Fsp3) is 0.500. The smallest absolute Gasteiger partial charge is 0.372 e. The number of ether oxygens (including phenoxy) is 1. The van der Waals surface area contributed by atoms with Crippen LogP contribution in [0.5, 0.6) is 0 Å². The molecular formula is C18H19F3N4O2. The summed E-state index contributed by atoms with van der Waals surface area (Å²) in [6, 6.07) is 5.70. The van der Waals surface area contributed by atoms with Gasteiger partial charge in [-0.1, -0.05) is 18.2 Å². The van der Waals surface area contributed by atoms with Gasteiger partial charge in [-0.3, -0.25) is 4.79 Å². The van der Waals surface area contributed by atoms with Gasteiger partial charge >= 0.3 is 6.18 Å². The molecule has 0 radical (unpaired) electrons. The summed E-state index contributed by atoms with van der Waals surface area (Å²) < 4.78 is 46.8. The molecule has 2 aromatic rings. The van der Waals surface area contributed by atoms with Crippen molar-refractivity contribution < 1.29 is 22.7 Å². The number of benzene rings is 1. The van der Waals surface area contributed by atoms with Gasteiger partial charge in [0.25, 0.3) is 5.91 Å². The van der Waals surface area contributed by atoms with E-state index in [1.807, 2.05) is 0 Å². The number of hydrogen-bond donors (Lipinski definition) is 0. The Balaban J connectivity index is 1.47. The molecule has 1 saturated heterocycles. The summed E-state index contributed by atoms with van der Waals surface area (Å²) >= 11 is 0. The van der Waals surface area contributed by atoms with E-state index < -0.39 is 11.7 Å². The minimum absolute atomic E-state index is 0.215. The van der Waals surface area contributed by atoms with Crippen LogP contribution in [0.15, 0.2) is 24.3 Å². The number of rotatable bonds is 2. The average molecular weight is 380 g/mol. The highest BCUT2D eigenvalue weighted by atomic mass is 19.4. The molecule has 6 nitrogen and oxygen atoms in total. The van der Waals surface area contributed by atoms with Crippen molar-refractivity contribution >= 4 is 5.91 Å². The molecule has 3 heterocycles. The number of aromatic nitrogens is 3. The first-order chi connectivity index (χ1) is 12.9. The lowest BCUT2D eigenvalue weighted by Crippen LogP contribution is -2.40. The molecule has 9 heteroatoms. The standard InChI is InChI=1S/C18H19F3N4O2/c19-18(20,21)14-4-2-1-3-13(14)12-5-7-24(8-6-12)17(26)16-23-22-15-11-27-10-9-25(15)16/h1-4,12H,5-11H2. The molecule has 2 aliphatic rings. The van der Waals surface area contributed by atoms with Crippen molar-refractivity contribution in [2.75, 3.05) is 19.7 Å². The van der Waals surface area contributed by atoms with Crippen LogP contribution in [0, 0.1) is 0 Å². The van der Waals surface area contributed by atoms with E-state index in [0.717, 1.165) is 6.07 Å². The van der Waals surface area contributed by atoms with Crippen LogP contribution in [-0.2, 0) is 24.1 Å². The third-order valence-electron chi connectivity index (χ3n) is 5.20. The summed E-state index contributed by atoms with van der Waals surface area (Å²) in [6.07, 6.45) is -3.39. The number of amides is 1. The van der Waals surface area contributed by atoms with E-state index in [2.05, 4.69) is 10.2 Å². The van der Waals surface area contributed by atoms with Crippen LogP contribution in [0.1, 0.15) is 46.3 Å². The number of carbonyl (C=O) groups is 1. The van der Waals surface area contributed by atoms with Crippen LogP contribution in [-0.4, -0.2) is 45.3 Å². The number of carbonyl (C=O) groups excluding carboxylic acids is 1. The van der Waals surface area contributed by atoms with Gasteiger partial charge < -0.3 is 14.2 Å². The van der Waals surface area contributed by atoms with Crippen molar-refractivity contribution in [3.63, 3.8) is 0 Å². The van der Waals surface area contributed by atoms with Gasteiger partial charge in [0, 0.05) is 19.6 Å². The van der Waals surface area contributed by atoms with Crippen LogP contribution in [0.3, 0.4) is 0 Å². The molecule has 1 amide bonds. The average Bonchev–Trinajstić information content (AvgIpc) is 3.11. The van der Waals surface area contributed by atoms with Gasteiger partial charge in [0.05, 0.1) is 12.2 Å². The first-order valence-electron chi connectivity index (χ1n) is 8.90. The van der Waals surface area contributed by atoms with Crippen molar-refractivity contribution in [3.05, 3.63) is 47.0 Å². The van der Waals surface area contributed by atoms with Crippen molar-refractivity contribution in [2.45, 2.75) is 38.1 Å². The number of hydrogen-bond acceptors (Lipinski definition) is 4. The molecule has 0 spiro atoms. The number of alkyl halides is 3. The number of likely N-dealkylation sites (tertiary alicyclic amines) is 1. The molecule has 0 unspecified atom stereocenters. The van der Waals surface area contributed by atoms with E-state index >= 15 is 0 Å². The zero-order chi connectivity index (χ0) is 19.0. The number of piperidine rings is 1. The van der Waals surface area contributed by atoms with Crippen molar-refractivity contribution in [3.8, 4) is 0 Å². The number of nitrogens with zero attached hydrogens (tertiary/aromatic N) is 4. The highest BCUT2D eigenvalue weighted by Gasteiger charge is 2.36. The molecule has 1 aromatic heterocycles. The Kier molecular flexibility index (Phi) is 4.63. The Labute approximate surface area is 153 Å². The quantitative estimate of drug-likeness (QED) is 0.804. The minimum Gasteiger partial charge on any atom is -0.372 e. The van der Waals surface area contributed by atoms with Crippen LogP contribution in [0.25, 0.3) is 0 Å². The van der Waals surface area contributed by atoms with E-state index in [-0.39, 0.29) is 17.6 Å². The molecule has 0 atom stereocenters. The summed E-state index contributed by atoms with van der Waals surface area (Å²) in [4.78, 5) is 14.4. The lowest BCUT2D eigenvalue weighted by Gasteiger charge is -2.33. The van der Waals surface area contributed by atoms with Gasteiger partial charge in [-0.2, -0.15) is 13.2 Å². The fourth-order valence-corrected chi connectivity index (χ4v) is 3.80. The molecule has 144 valence electrons. The Bertz CT molecular complexity index is 841. The van der Waals surface area contributed by atoms with Crippen molar-refractivity contribution in [1.29, 1.82) is 0 Å². The molecule has 1 aromatic carbocycles. The van der Waals surface area contributed by atoms with E-state index in [0.29, 0.717) is 57.1 Å². The van der Waals surface area contributed by atoms with Crippen LogP contribution < -0.4 is 0 Å². The zero-order valence-corrected chi connectivity index (χ0v) is 14.6. The first kappa shape index (κ1) is 18.0. The van der Waals surface area contributed by atoms with Gasteiger partial charge in [0.1, 0.15) is 6.61 Å². The summed E-state index contributed by atoms with van der Waals surface area (Å²) in [5.41, 5.74) is -0.268. The molecule has 0 saturated carbocycles. The largest absolute Gasteiger partial charge is 0.416 e. The number of fused-ring (bicyclic) bond motifs is 1. The second-order valence-electron chi connectivity index (χ2n) is 6.80. The van der Waals surface area contributed by atoms with Gasteiger partial charge in [0.2, 0.25) is 5.82 Å². The summed E-state index contributed by atoms with van der Waals surface area (Å²) in [7, 11) is 0. The van der Waals surface area contributed by atoms with Crippen LogP contribution >= 0.6 is 0 Å². The van der Waals surface area contributed by atoms with E-state index in [4.69, 9.17) is 4.74 Å². The Morgan fingerprint density at radius 2 is 1.85 bits per heavy atom. The highest BCUT2D eigenvalue weighted by Crippen LogP contribution is 2.38. The topological polar surface area (TPSA) is 60.3 Å². The van der Waals surface area contributed by atoms with E-state index in [1.54, 1.807) is 21.6 Å². The van der Waals surface area contributed by atoms with Gasteiger partial charge in [-0.05, 0) is 30.4 Å². The summed E-state index contributed by atoms with van der Waals surface area (Å²) in [5.74, 6) is 0.465. The van der Waals surface area contributed by atoms with E-state index in [9.17, 15) is 18.0 Å². The maximum absolute atomic E-state index is 13.3. The Morgan fingerprint density at radius 3 is 2.59 bits per heavy atom. The summed E-state index contributed by atoms with van der Waals surface area (Å²) in [6.45, 7) is 2.15. The van der Waals surface area contributed by atoms with Gasteiger partial charge in [0.15, 0.2) is 5.82 Å². The molecule has 4 rings (SSSR count). The molecule has 2 aliphatic heterocycles. The van der Waals surface area contributed by atoms with Gasteiger partial charge in [-0.15, -0.1) is 10.2 Å². The first-order valence-corrected chi connectivity index (χ1v) is 8.90. The molecule has 1 fully saturated rings. The van der Waals surface area contributed by atoms with Crippen molar-refractivity contribution in [1.82, 2.24) is 19.7 Å². The maximum atomic E-state index is 13.3. The normalized spacial score (nSPS) is 18.4. The maximum Gasteiger partial charge on any atom is 0.416 e. The molecule has 27 heavy (non-hydrogen) atoms. The van der Waals surface area contributed by atoms with Gasteiger partial charge in [-0.25, -0.2) is 0 Å². The molecular weight excluding hydrogens is 361 g/mol. The predicted octanol–water partition coefficient (Wildman–Crippen LogP) is 2.85. The zero-order valence-electron chi connectivity index (χ0n) is 14.6. The van der Waals surface area contributed by atoms with E-state index in [1.165, 1.54) is 6.07 Å². The minimum atomic E-state index is -4.37. The van der Waals surface area contributed by atoms with Crippen LogP contribution in [0.2, 0.25) is 0 Å². The molecule has 0 N–H and O–H groups in total.